The van der Waals surface area contributed by atoms with Gasteiger partial charge in [0.15, 0.2) is 5.03 Å². The van der Waals surface area contributed by atoms with Crippen LogP contribution in [0.2, 0.25) is 0 Å². The van der Waals surface area contributed by atoms with Crippen LogP contribution in [0.25, 0.3) is 0 Å². The van der Waals surface area contributed by atoms with Gasteiger partial charge in [0, 0.05) is 26.0 Å². The van der Waals surface area contributed by atoms with Crippen LogP contribution in [0.1, 0.15) is 18.2 Å². The summed E-state index contributed by atoms with van der Waals surface area (Å²) in [6.07, 6.45) is 3.18. The molecule has 2 heterocycles. The zero-order valence-corrected chi connectivity index (χ0v) is 13.1. The van der Waals surface area contributed by atoms with Crippen molar-refractivity contribution in [2.75, 3.05) is 11.3 Å². The van der Waals surface area contributed by atoms with Crippen LogP contribution in [0.4, 0.5) is 5.69 Å². The van der Waals surface area contributed by atoms with Gasteiger partial charge in [0.25, 0.3) is 10.0 Å². The molecule has 114 valence electrons. The van der Waals surface area contributed by atoms with Gasteiger partial charge in [0.2, 0.25) is 0 Å². The fraction of sp³-hybridized carbons (Fsp3) is 0.385. The molecule has 0 radical (unpaired) electrons. The summed E-state index contributed by atoms with van der Waals surface area (Å²) in [5.74, 6) is 0. The van der Waals surface area contributed by atoms with Crippen molar-refractivity contribution in [3.05, 3.63) is 35.8 Å². The van der Waals surface area contributed by atoms with Gasteiger partial charge < -0.3 is 5.32 Å². The van der Waals surface area contributed by atoms with Crippen molar-refractivity contribution in [3.8, 4) is 0 Å². The molecule has 0 amide bonds. The third-order valence-corrected chi connectivity index (χ3v) is 4.19. The van der Waals surface area contributed by atoms with Crippen molar-refractivity contribution < 1.29 is 8.42 Å². The minimum Gasteiger partial charge on any atom is -0.313 e. The third kappa shape index (κ3) is 3.79. The lowest BCUT2D eigenvalue weighted by Crippen LogP contribution is -2.16. The van der Waals surface area contributed by atoms with E-state index in [0.717, 1.165) is 12.1 Å². The van der Waals surface area contributed by atoms with Gasteiger partial charge in [-0.2, -0.15) is 13.5 Å². The molecule has 7 nitrogen and oxygen atoms in total. The van der Waals surface area contributed by atoms with E-state index in [-0.39, 0.29) is 5.03 Å². The van der Waals surface area contributed by atoms with Crippen LogP contribution in [0.3, 0.4) is 0 Å². The Morgan fingerprint density at radius 1 is 1.33 bits per heavy atom. The number of sulfonamides is 1. The number of aromatic nitrogens is 3. The molecule has 0 saturated carbocycles. The number of nitrogens with zero attached hydrogens (tertiary/aromatic N) is 3. The average Bonchev–Trinajstić information content (AvgIpc) is 2.74. The summed E-state index contributed by atoms with van der Waals surface area (Å²) in [5.41, 5.74) is 2.01. The van der Waals surface area contributed by atoms with Gasteiger partial charge in [0.1, 0.15) is 0 Å². The Balaban J connectivity index is 2.17. The maximum Gasteiger partial charge on any atom is 0.279 e. The van der Waals surface area contributed by atoms with Gasteiger partial charge in [-0.25, -0.2) is 4.98 Å². The molecule has 2 aromatic heterocycles. The molecule has 2 N–H and O–H groups in total. The highest BCUT2D eigenvalue weighted by molar-refractivity contribution is 7.92. The summed E-state index contributed by atoms with van der Waals surface area (Å²) in [5, 5.41) is 7.25. The second-order valence-corrected chi connectivity index (χ2v) is 6.32. The van der Waals surface area contributed by atoms with Gasteiger partial charge in [-0.3, -0.25) is 9.40 Å². The predicted molar refractivity (Wildman–Crippen MR) is 80.4 cm³/mol. The van der Waals surface area contributed by atoms with Crippen LogP contribution in [-0.2, 0) is 23.6 Å². The van der Waals surface area contributed by atoms with Crippen molar-refractivity contribution in [3.63, 3.8) is 0 Å². The van der Waals surface area contributed by atoms with Crippen LogP contribution >= 0.6 is 0 Å². The molecule has 0 aromatic carbocycles. The minimum absolute atomic E-state index is 0.00833. The summed E-state index contributed by atoms with van der Waals surface area (Å²) in [6, 6.07) is 3.25. The third-order valence-electron chi connectivity index (χ3n) is 2.91. The van der Waals surface area contributed by atoms with E-state index in [0.29, 0.717) is 17.9 Å². The van der Waals surface area contributed by atoms with Gasteiger partial charge in [-0.05, 0) is 25.1 Å². The van der Waals surface area contributed by atoms with Crippen molar-refractivity contribution >= 4 is 15.7 Å². The Bertz CT molecular complexity index is 707. The molecule has 0 aliphatic heterocycles. The quantitative estimate of drug-likeness (QED) is 0.832. The number of hydrogen-bond acceptors (Lipinski definition) is 5. The number of nitrogens with one attached hydrogen (secondary N) is 2. The highest BCUT2D eigenvalue weighted by Gasteiger charge is 2.18. The fourth-order valence-corrected chi connectivity index (χ4v) is 2.87. The normalized spacial score (nSPS) is 11.6. The Morgan fingerprint density at radius 2 is 2.10 bits per heavy atom. The first-order valence-corrected chi connectivity index (χ1v) is 8.09. The standard InChI is InChI=1S/C13H19N5O2S/c1-4-14-7-11-5-6-13(15-8-11)21(19,20)17-12-9-18(3)16-10(12)2/h5-6,8-9,14,17H,4,7H2,1-3H3. The highest BCUT2D eigenvalue weighted by Crippen LogP contribution is 2.17. The smallest absolute Gasteiger partial charge is 0.279 e. The molecule has 8 heteroatoms. The summed E-state index contributed by atoms with van der Waals surface area (Å²) < 4.78 is 28.6. The van der Waals surface area contributed by atoms with E-state index in [4.69, 9.17) is 0 Å². The lowest BCUT2D eigenvalue weighted by atomic mass is 10.3. The van der Waals surface area contributed by atoms with Crippen LogP contribution in [0.5, 0.6) is 0 Å². The molecule has 0 unspecified atom stereocenters. The molecule has 2 aromatic rings. The maximum absolute atomic E-state index is 12.3. The SMILES string of the molecule is CCNCc1ccc(S(=O)(=O)Nc2cn(C)nc2C)nc1. The van der Waals surface area contributed by atoms with Gasteiger partial charge in [-0.1, -0.05) is 13.0 Å². The molecule has 0 atom stereocenters. The van der Waals surface area contributed by atoms with Crippen LogP contribution in [0.15, 0.2) is 29.6 Å². The van der Waals surface area contributed by atoms with E-state index in [1.54, 1.807) is 37.1 Å². The molecular formula is C13H19N5O2S. The number of rotatable bonds is 6. The summed E-state index contributed by atoms with van der Waals surface area (Å²) in [6.45, 7) is 5.26. The second kappa shape index (κ2) is 6.23. The number of aryl methyl sites for hydroxylation is 2. The zero-order chi connectivity index (χ0) is 15.5. The van der Waals surface area contributed by atoms with E-state index in [1.807, 2.05) is 6.92 Å². The molecule has 0 saturated heterocycles. The van der Waals surface area contributed by atoms with Crippen LogP contribution in [0, 0.1) is 6.92 Å². The predicted octanol–water partition coefficient (Wildman–Crippen LogP) is 1.03. The van der Waals surface area contributed by atoms with Gasteiger partial charge >= 0.3 is 0 Å². The van der Waals surface area contributed by atoms with Gasteiger partial charge in [-0.15, -0.1) is 0 Å². The largest absolute Gasteiger partial charge is 0.313 e. The summed E-state index contributed by atoms with van der Waals surface area (Å²) >= 11 is 0. The maximum atomic E-state index is 12.3. The summed E-state index contributed by atoms with van der Waals surface area (Å²) in [7, 11) is -1.96. The lowest BCUT2D eigenvalue weighted by Gasteiger charge is -2.07. The lowest BCUT2D eigenvalue weighted by molar-refractivity contribution is 0.597. The first-order chi connectivity index (χ1) is 9.92. The molecule has 0 bridgehead atoms. The first-order valence-electron chi connectivity index (χ1n) is 6.61. The van der Waals surface area contributed by atoms with Crippen molar-refractivity contribution in [2.24, 2.45) is 7.05 Å². The number of hydrogen-bond donors (Lipinski definition) is 2. The van der Waals surface area contributed by atoms with E-state index in [2.05, 4.69) is 20.1 Å². The van der Waals surface area contributed by atoms with Crippen LogP contribution < -0.4 is 10.0 Å². The molecule has 0 fully saturated rings. The Morgan fingerprint density at radius 3 is 2.62 bits per heavy atom. The molecule has 2 rings (SSSR count). The van der Waals surface area contributed by atoms with Crippen molar-refractivity contribution in [1.82, 2.24) is 20.1 Å². The zero-order valence-electron chi connectivity index (χ0n) is 12.3. The Kier molecular flexibility index (Phi) is 4.59. The second-order valence-electron chi connectivity index (χ2n) is 4.69. The minimum atomic E-state index is -3.69. The Hall–Kier alpha value is -1.93. The Labute approximate surface area is 124 Å². The molecule has 0 spiro atoms. The molecule has 0 aliphatic carbocycles. The van der Waals surface area contributed by atoms with E-state index in [1.165, 1.54) is 6.07 Å². The summed E-state index contributed by atoms with van der Waals surface area (Å²) in [4.78, 5) is 4.02. The van der Waals surface area contributed by atoms with E-state index < -0.39 is 10.0 Å². The molecule has 21 heavy (non-hydrogen) atoms. The first kappa shape index (κ1) is 15.5. The number of anilines is 1. The monoisotopic (exact) mass is 309 g/mol. The fourth-order valence-electron chi connectivity index (χ4n) is 1.84. The van der Waals surface area contributed by atoms with E-state index in [9.17, 15) is 8.42 Å². The van der Waals surface area contributed by atoms with E-state index >= 15 is 0 Å². The highest BCUT2D eigenvalue weighted by atomic mass is 32.2. The van der Waals surface area contributed by atoms with Crippen molar-refractivity contribution in [1.29, 1.82) is 0 Å². The average molecular weight is 309 g/mol. The van der Waals surface area contributed by atoms with Crippen molar-refractivity contribution in [2.45, 2.75) is 25.4 Å². The van der Waals surface area contributed by atoms with Gasteiger partial charge in [0.05, 0.1) is 11.4 Å². The number of pyridine rings is 1. The molecule has 0 aliphatic rings. The molecular weight excluding hydrogens is 290 g/mol. The topological polar surface area (TPSA) is 88.9 Å². The van der Waals surface area contributed by atoms with Crippen LogP contribution in [-0.4, -0.2) is 29.7 Å².